The first-order valence-electron chi connectivity index (χ1n) is 10.5. The molecule has 0 saturated heterocycles. The fourth-order valence-corrected chi connectivity index (χ4v) is 4.14. The summed E-state index contributed by atoms with van der Waals surface area (Å²) in [5.41, 5.74) is 1.20. The summed E-state index contributed by atoms with van der Waals surface area (Å²) in [6.45, 7) is 0.0813. The number of benzene rings is 3. The van der Waals surface area contributed by atoms with Gasteiger partial charge in [-0.1, -0.05) is 66.2 Å². The predicted octanol–water partition coefficient (Wildman–Crippen LogP) is 3.59. The van der Waals surface area contributed by atoms with E-state index in [-0.39, 0.29) is 23.7 Å². The molecular weight excluding hydrogens is 440 g/mol. The van der Waals surface area contributed by atoms with Gasteiger partial charge >= 0.3 is 5.69 Å². The Morgan fingerprint density at radius 1 is 0.909 bits per heavy atom. The molecule has 0 aliphatic heterocycles. The standard InChI is InChI=1S/C25H19ClN4O3/c26-19-10-6-9-18(15-19)22(31)16-29-25(33)30-21-12-5-4-11-20(21)23(32)28(24(30)27-29)14-13-17-7-2-1-3-8-17/h1-12,15H,13-14,16H2. The Hall–Kier alpha value is -3.97. The third kappa shape index (κ3) is 3.87. The molecule has 2 aromatic heterocycles. The van der Waals surface area contributed by atoms with Crippen LogP contribution in [0.15, 0.2) is 88.5 Å². The largest absolute Gasteiger partial charge is 0.352 e. The number of ketones is 1. The average molecular weight is 459 g/mol. The Labute approximate surface area is 193 Å². The molecule has 5 aromatic rings. The lowest BCUT2D eigenvalue weighted by molar-refractivity contribution is 0.0966. The number of hydrogen-bond acceptors (Lipinski definition) is 4. The first-order valence-corrected chi connectivity index (χ1v) is 10.8. The first-order chi connectivity index (χ1) is 16.0. The van der Waals surface area contributed by atoms with Crippen LogP contribution < -0.4 is 11.2 Å². The molecule has 0 N–H and O–H groups in total. The number of Topliss-reactive ketones (excluding diaryl/α,β-unsaturated/α-hetero) is 1. The average Bonchev–Trinajstić information content (AvgIpc) is 3.15. The molecule has 0 amide bonds. The van der Waals surface area contributed by atoms with E-state index in [0.717, 1.165) is 10.2 Å². The van der Waals surface area contributed by atoms with Crippen LogP contribution in [0.1, 0.15) is 15.9 Å². The Morgan fingerprint density at radius 2 is 1.67 bits per heavy atom. The molecule has 33 heavy (non-hydrogen) atoms. The quantitative estimate of drug-likeness (QED) is 0.364. The van der Waals surface area contributed by atoms with Crippen molar-refractivity contribution >= 4 is 34.1 Å². The van der Waals surface area contributed by atoms with Crippen LogP contribution >= 0.6 is 11.6 Å². The zero-order valence-electron chi connectivity index (χ0n) is 17.5. The topological polar surface area (TPSA) is 78.4 Å². The molecule has 0 bridgehead atoms. The number of para-hydroxylation sites is 1. The van der Waals surface area contributed by atoms with Crippen LogP contribution in [0.5, 0.6) is 0 Å². The summed E-state index contributed by atoms with van der Waals surface area (Å²) in [6.07, 6.45) is 0.594. The van der Waals surface area contributed by atoms with Gasteiger partial charge in [0.05, 0.1) is 10.9 Å². The number of fused-ring (bicyclic) bond motifs is 3. The number of aromatic nitrogens is 4. The Morgan fingerprint density at radius 3 is 2.45 bits per heavy atom. The van der Waals surface area contributed by atoms with Gasteiger partial charge in [-0.15, -0.1) is 5.10 Å². The third-order valence-electron chi connectivity index (χ3n) is 5.59. The van der Waals surface area contributed by atoms with Crippen molar-refractivity contribution < 1.29 is 4.79 Å². The monoisotopic (exact) mass is 458 g/mol. The molecule has 0 aliphatic carbocycles. The Balaban J connectivity index is 1.63. The number of halogens is 1. The molecule has 0 atom stereocenters. The highest BCUT2D eigenvalue weighted by Crippen LogP contribution is 2.14. The molecule has 8 heteroatoms. The molecule has 2 heterocycles. The fourth-order valence-electron chi connectivity index (χ4n) is 3.95. The summed E-state index contributed by atoms with van der Waals surface area (Å²) >= 11 is 6.00. The van der Waals surface area contributed by atoms with Crippen molar-refractivity contribution in [3.8, 4) is 0 Å². The number of nitrogens with zero attached hydrogens (tertiary/aromatic N) is 4. The minimum absolute atomic E-state index is 0.207. The molecule has 3 aromatic carbocycles. The molecule has 0 fully saturated rings. The highest BCUT2D eigenvalue weighted by molar-refractivity contribution is 6.31. The van der Waals surface area contributed by atoms with Crippen molar-refractivity contribution in [1.82, 2.24) is 18.7 Å². The van der Waals surface area contributed by atoms with E-state index in [4.69, 9.17) is 11.6 Å². The van der Waals surface area contributed by atoms with Gasteiger partial charge in [-0.25, -0.2) is 13.9 Å². The van der Waals surface area contributed by atoms with Crippen molar-refractivity contribution in [3.05, 3.63) is 116 Å². The van der Waals surface area contributed by atoms with Crippen molar-refractivity contribution in [3.63, 3.8) is 0 Å². The predicted molar refractivity (Wildman–Crippen MR) is 127 cm³/mol. The number of carbonyl (C=O) groups is 1. The molecule has 0 unspecified atom stereocenters. The molecule has 7 nitrogen and oxygen atoms in total. The lowest BCUT2D eigenvalue weighted by atomic mass is 10.1. The van der Waals surface area contributed by atoms with Crippen molar-refractivity contribution in [2.24, 2.45) is 0 Å². The van der Waals surface area contributed by atoms with Crippen LogP contribution in [0.3, 0.4) is 0 Å². The third-order valence-corrected chi connectivity index (χ3v) is 5.83. The first kappa shape index (κ1) is 20.9. The lowest BCUT2D eigenvalue weighted by Crippen LogP contribution is -2.28. The molecule has 164 valence electrons. The minimum Gasteiger partial charge on any atom is -0.292 e. The molecular formula is C25H19ClN4O3. The van der Waals surface area contributed by atoms with Gasteiger partial charge in [0.1, 0.15) is 6.54 Å². The van der Waals surface area contributed by atoms with Gasteiger partial charge in [-0.2, -0.15) is 0 Å². The number of carbonyl (C=O) groups excluding carboxylic acids is 1. The molecule has 0 spiro atoms. The van der Waals surface area contributed by atoms with Crippen LogP contribution in [0, 0.1) is 0 Å². The highest BCUT2D eigenvalue weighted by atomic mass is 35.5. The molecule has 0 aliphatic rings. The van der Waals surface area contributed by atoms with E-state index in [9.17, 15) is 14.4 Å². The van der Waals surface area contributed by atoms with Gasteiger partial charge in [0.25, 0.3) is 5.56 Å². The minimum atomic E-state index is -0.481. The number of aryl methyl sites for hydroxylation is 2. The van der Waals surface area contributed by atoms with Gasteiger partial charge in [0.15, 0.2) is 5.78 Å². The summed E-state index contributed by atoms with van der Waals surface area (Å²) in [7, 11) is 0. The van der Waals surface area contributed by atoms with Gasteiger partial charge in [-0.05, 0) is 36.2 Å². The van der Waals surface area contributed by atoms with Gasteiger partial charge < -0.3 is 0 Å². The van der Waals surface area contributed by atoms with Crippen molar-refractivity contribution in [2.75, 3.05) is 0 Å². The van der Waals surface area contributed by atoms with E-state index >= 15 is 0 Å². The van der Waals surface area contributed by atoms with Crippen LogP contribution in [0.25, 0.3) is 16.7 Å². The van der Waals surface area contributed by atoms with E-state index in [1.54, 1.807) is 48.5 Å². The maximum Gasteiger partial charge on any atom is 0.352 e. The molecule has 0 radical (unpaired) electrons. The van der Waals surface area contributed by atoms with Gasteiger partial charge in [-0.3, -0.25) is 14.2 Å². The fraction of sp³-hybridized carbons (Fsp3) is 0.120. The zero-order valence-corrected chi connectivity index (χ0v) is 18.3. The second-order valence-electron chi connectivity index (χ2n) is 7.72. The lowest BCUT2D eigenvalue weighted by Gasteiger charge is -2.09. The van der Waals surface area contributed by atoms with Gasteiger partial charge in [0.2, 0.25) is 5.78 Å². The second kappa shape index (κ2) is 8.52. The van der Waals surface area contributed by atoms with E-state index < -0.39 is 5.69 Å². The van der Waals surface area contributed by atoms with E-state index in [0.29, 0.717) is 34.5 Å². The summed E-state index contributed by atoms with van der Waals surface area (Å²) in [5.74, 6) is -0.0935. The van der Waals surface area contributed by atoms with Crippen molar-refractivity contribution in [2.45, 2.75) is 19.5 Å². The van der Waals surface area contributed by atoms with Crippen LogP contribution in [0.4, 0.5) is 0 Å². The normalized spacial score (nSPS) is 11.3. The number of hydrogen-bond donors (Lipinski definition) is 0. The second-order valence-corrected chi connectivity index (χ2v) is 8.16. The summed E-state index contributed by atoms with van der Waals surface area (Å²) < 4.78 is 3.99. The summed E-state index contributed by atoms with van der Waals surface area (Å²) in [4.78, 5) is 39.4. The van der Waals surface area contributed by atoms with Gasteiger partial charge in [0, 0.05) is 17.1 Å². The highest BCUT2D eigenvalue weighted by Gasteiger charge is 2.19. The zero-order chi connectivity index (χ0) is 22.9. The number of rotatable bonds is 6. The maximum atomic E-state index is 13.3. The Kier molecular flexibility index (Phi) is 5.40. The summed E-state index contributed by atoms with van der Waals surface area (Å²) in [5, 5.41) is 5.25. The maximum absolute atomic E-state index is 13.3. The van der Waals surface area contributed by atoms with Crippen LogP contribution in [-0.2, 0) is 19.5 Å². The van der Waals surface area contributed by atoms with E-state index in [1.807, 2.05) is 30.3 Å². The molecule has 5 rings (SSSR count). The van der Waals surface area contributed by atoms with E-state index in [2.05, 4.69) is 5.10 Å². The Bertz CT molecular complexity index is 1620. The summed E-state index contributed by atoms with van der Waals surface area (Å²) in [6, 6.07) is 23.2. The van der Waals surface area contributed by atoms with E-state index in [1.165, 1.54) is 8.97 Å². The van der Waals surface area contributed by atoms with Crippen LogP contribution in [-0.4, -0.2) is 24.5 Å². The SMILES string of the molecule is O=C(Cn1nc2n(CCc3ccccc3)c(=O)c3ccccc3n2c1=O)c1cccc(Cl)c1. The van der Waals surface area contributed by atoms with Crippen molar-refractivity contribution in [1.29, 1.82) is 0 Å². The van der Waals surface area contributed by atoms with Crippen LogP contribution in [0.2, 0.25) is 5.02 Å². The molecule has 0 saturated carbocycles. The smallest absolute Gasteiger partial charge is 0.292 e.